The fraction of sp³-hybridized carbons (Fsp3) is 0.600. The van der Waals surface area contributed by atoms with Crippen molar-refractivity contribution in [3.05, 3.63) is 17.9 Å². The normalized spacial score (nSPS) is 13.2. The van der Waals surface area contributed by atoms with Crippen molar-refractivity contribution in [3.63, 3.8) is 0 Å². The lowest BCUT2D eigenvalue weighted by atomic mass is 10.5. The maximum atomic E-state index is 12.4. The van der Waals surface area contributed by atoms with Crippen LogP contribution in [0, 0.1) is 0 Å². The van der Waals surface area contributed by atoms with Crippen LogP contribution in [0.15, 0.2) is 21.6 Å². The first-order valence-electron chi connectivity index (χ1n) is 5.42. The Morgan fingerprint density at radius 1 is 1.37 bits per heavy atom. The monoisotopic (exact) mass is 319 g/mol. The summed E-state index contributed by atoms with van der Waals surface area (Å²) in [7, 11) is -4.30. The van der Waals surface area contributed by atoms with Gasteiger partial charge in [-0.1, -0.05) is 6.92 Å². The fourth-order valence-corrected chi connectivity index (χ4v) is 3.02. The average Bonchev–Trinajstić information content (AvgIpc) is 2.75. The Morgan fingerprint density at radius 2 is 2.00 bits per heavy atom. The Morgan fingerprint density at radius 3 is 2.42 bits per heavy atom. The van der Waals surface area contributed by atoms with E-state index in [9.17, 15) is 21.6 Å². The molecule has 1 rings (SSSR count). The van der Waals surface area contributed by atoms with Crippen LogP contribution in [0.25, 0.3) is 0 Å². The first-order valence-corrected chi connectivity index (χ1v) is 7.39. The fourth-order valence-electron chi connectivity index (χ4n) is 1.43. The van der Waals surface area contributed by atoms with Crippen molar-refractivity contribution < 1.29 is 26.0 Å². The molecule has 0 saturated carbocycles. The molecule has 1 aromatic heterocycles. The van der Waals surface area contributed by atoms with Crippen LogP contribution in [-0.4, -0.2) is 32.0 Å². The smallest absolute Gasteiger partial charge is 0.402 e. The third-order valence-corrected chi connectivity index (χ3v) is 4.17. The number of rotatable bonds is 6. The minimum Gasteiger partial charge on any atom is -0.447 e. The summed E-state index contributed by atoms with van der Waals surface area (Å²) in [6, 6.07) is 2.42. The molecule has 0 aliphatic carbocycles. The number of sulfonamides is 1. The van der Waals surface area contributed by atoms with Crippen LogP contribution < -0.4 is 0 Å². The van der Waals surface area contributed by atoms with Gasteiger partial charge in [-0.15, -0.1) is 11.6 Å². The zero-order valence-corrected chi connectivity index (χ0v) is 11.6. The molecule has 1 aromatic rings. The molecule has 0 fully saturated rings. The topological polar surface area (TPSA) is 50.5 Å². The molecule has 0 bridgehead atoms. The minimum absolute atomic E-state index is 0.0530. The zero-order chi connectivity index (χ0) is 14.7. The lowest BCUT2D eigenvalue weighted by molar-refractivity contribution is -0.136. The van der Waals surface area contributed by atoms with Gasteiger partial charge in [-0.3, -0.25) is 0 Å². The second-order valence-electron chi connectivity index (χ2n) is 3.81. The Kier molecular flexibility index (Phi) is 5.28. The molecule has 0 atom stereocenters. The van der Waals surface area contributed by atoms with Crippen LogP contribution in [0.2, 0.25) is 0 Å². The summed E-state index contributed by atoms with van der Waals surface area (Å²) in [5.74, 6) is 0.131. The molecule has 0 saturated heterocycles. The standard InChI is InChI=1S/C10H13ClF3NO3S/c1-2-5-15(7-10(12,13)14)19(16,17)9-4-3-8(6-11)18-9/h3-4H,2,5-7H2,1H3. The molecule has 0 N–H and O–H groups in total. The van der Waals surface area contributed by atoms with Crippen molar-refractivity contribution in [1.82, 2.24) is 4.31 Å². The number of halogens is 4. The number of nitrogens with zero attached hydrogens (tertiary/aromatic N) is 1. The van der Waals surface area contributed by atoms with Gasteiger partial charge < -0.3 is 4.42 Å². The summed E-state index contributed by atoms with van der Waals surface area (Å²) >= 11 is 5.46. The van der Waals surface area contributed by atoms with E-state index in [1.807, 2.05) is 0 Å². The molecule has 19 heavy (non-hydrogen) atoms. The van der Waals surface area contributed by atoms with Gasteiger partial charge in [0.05, 0.1) is 5.88 Å². The molecule has 0 aliphatic rings. The molecule has 0 unspecified atom stereocenters. The average molecular weight is 320 g/mol. The van der Waals surface area contributed by atoms with Crippen molar-refractivity contribution in [2.24, 2.45) is 0 Å². The van der Waals surface area contributed by atoms with Crippen LogP contribution in [0.5, 0.6) is 0 Å². The summed E-state index contributed by atoms with van der Waals surface area (Å²) in [6.07, 6.45) is -4.34. The predicted octanol–water partition coefficient (Wildman–Crippen LogP) is 2.98. The number of furan rings is 1. The zero-order valence-electron chi connectivity index (χ0n) is 10.1. The molecular weight excluding hydrogens is 307 g/mol. The van der Waals surface area contributed by atoms with Gasteiger partial charge in [0.2, 0.25) is 5.09 Å². The molecule has 110 valence electrons. The van der Waals surface area contributed by atoms with E-state index in [0.29, 0.717) is 4.31 Å². The first-order chi connectivity index (χ1) is 8.70. The van der Waals surface area contributed by atoms with Gasteiger partial charge in [0.25, 0.3) is 10.0 Å². The number of hydrogen-bond donors (Lipinski definition) is 0. The van der Waals surface area contributed by atoms with E-state index < -0.39 is 27.8 Å². The van der Waals surface area contributed by atoms with Gasteiger partial charge in [0.1, 0.15) is 12.3 Å². The second kappa shape index (κ2) is 6.15. The number of alkyl halides is 4. The summed E-state index contributed by atoms with van der Waals surface area (Å²) in [5.41, 5.74) is 0. The highest BCUT2D eigenvalue weighted by Gasteiger charge is 2.37. The summed E-state index contributed by atoms with van der Waals surface area (Å²) in [6.45, 7) is -0.190. The van der Waals surface area contributed by atoms with E-state index in [2.05, 4.69) is 0 Å². The third-order valence-electron chi connectivity index (χ3n) is 2.19. The molecule has 9 heteroatoms. The van der Waals surface area contributed by atoms with Crippen LogP contribution in [-0.2, 0) is 15.9 Å². The van der Waals surface area contributed by atoms with E-state index in [1.165, 1.54) is 6.07 Å². The molecule has 1 heterocycles. The SMILES string of the molecule is CCCN(CC(F)(F)F)S(=O)(=O)c1ccc(CCl)o1. The predicted molar refractivity (Wildman–Crippen MR) is 63.4 cm³/mol. The summed E-state index contributed by atoms with van der Waals surface area (Å²) in [5, 5.41) is -0.527. The lowest BCUT2D eigenvalue weighted by Gasteiger charge is -2.21. The summed E-state index contributed by atoms with van der Waals surface area (Å²) < 4.78 is 66.5. The highest BCUT2D eigenvalue weighted by atomic mass is 35.5. The maximum absolute atomic E-state index is 12.4. The minimum atomic E-state index is -4.61. The molecule has 0 radical (unpaired) electrons. The van der Waals surface area contributed by atoms with E-state index in [4.69, 9.17) is 16.0 Å². The molecule has 4 nitrogen and oxygen atoms in total. The van der Waals surface area contributed by atoms with Gasteiger partial charge >= 0.3 is 6.18 Å². The van der Waals surface area contributed by atoms with E-state index >= 15 is 0 Å². The molecular formula is C10H13ClF3NO3S. The first kappa shape index (κ1) is 16.3. The molecule has 0 aromatic carbocycles. The Balaban J connectivity index is 3.05. The Hall–Kier alpha value is -0.730. The van der Waals surface area contributed by atoms with Gasteiger partial charge in [0, 0.05) is 6.54 Å². The van der Waals surface area contributed by atoms with Crippen molar-refractivity contribution in [1.29, 1.82) is 0 Å². The van der Waals surface area contributed by atoms with Crippen molar-refractivity contribution in [3.8, 4) is 0 Å². The van der Waals surface area contributed by atoms with Crippen LogP contribution >= 0.6 is 11.6 Å². The van der Waals surface area contributed by atoms with Gasteiger partial charge in [-0.05, 0) is 18.6 Å². The number of hydrogen-bond acceptors (Lipinski definition) is 3. The van der Waals surface area contributed by atoms with Crippen molar-refractivity contribution in [2.45, 2.75) is 30.5 Å². The maximum Gasteiger partial charge on any atom is 0.402 e. The summed E-state index contributed by atoms with van der Waals surface area (Å²) in [4.78, 5) is 0. The Bertz CT molecular complexity index is 512. The highest BCUT2D eigenvalue weighted by molar-refractivity contribution is 7.89. The third kappa shape index (κ3) is 4.39. The van der Waals surface area contributed by atoms with Crippen molar-refractivity contribution in [2.75, 3.05) is 13.1 Å². The second-order valence-corrected chi connectivity index (χ2v) is 5.94. The van der Waals surface area contributed by atoms with Crippen LogP contribution in [0.3, 0.4) is 0 Å². The van der Waals surface area contributed by atoms with Gasteiger partial charge in [-0.25, -0.2) is 8.42 Å². The highest BCUT2D eigenvalue weighted by Crippen LogP contribution is 2.24. The van der Waals surface area contributed by atoms with Gasteiger partial charge in [0.15, 0.2) is 0 Å². The molecule has 0 amide bonds. The van der Waals surface area contributed by atoms with E-state index in [1.54, 1.807) is 6.92 Å². The largest absolute Gasteiger partial charge is 0.447 e. The Labute approximate surface area is 114 Å². The van der Waals surface area contributed by atoms with E-state index in [0.717, 1.165) is 6.07 Å². The van der Waals surface area contributed by atoms with E-state index in [-0.39, 0.29) is 24.6 Å². The van der Waals surface area contributed by atoms with Gasteiger partial charge in [-0.2, -0.15) is 17.5 Å². The van der Waals surface area contributed by atoms with Crippen LogP contribution in [0.1, 0.15) is 19.1 Å². The molecule has 0 aliphatic heterocycles. The molecule has 0 spiro atoms. The van der Waals surface area contributed by atoms with Crippen LogP contribution in [0.4, 0.5) is 13.2 Å². The van der Waals surface area contributed by atoms with Crippen molar-refractivity contribution >= 4 is 21.6 Å². The lowest BCUT2D eigenvalue weighted by Crippen LogP contribution is -2.39. The quantitative estimate of drug-likeness (QED) is 0.757.